The van der Waals surface area contributed by atoms with Crippen molar-refractivity contribution in [1.82, 2.24) is 10.6 Å². The fraction of sp³-hybridized carbons (Fsp3) is 0.471. The number of hydrogen-bond acceptors (Lipinski definition) is 2. The number of terminal acetylenes is 1. The number of benzene rings is 1. The van der Waals surface area contributed by atoms with Crippen molar-refractivity contribution < 1.29 is 4.74 Å². The number of hydrogen-bond donors (Lipinski definition) is 2. The summed E-state index contributed by atoms with van der Waals surface area (Å²) < 4.78 is 5.99. The predicted molar refractivity (Wildman–Crippen MR) is 88.6 cm³/mol. The molecule has 2 N–H and O–H groups in total. The molecule has 0 aliphatic rings. The molecule has 1 unspecified atom stereocenters. The minimum Gasteiger partial charge on any atom is -0.490 e. The summed E-state index contributed by atoms with van der Waals surface area (Å²) >= 11 is 0. The van der Waals surface area contributed by atoms with Gasteiger partial charge in [0.2, 0.25) is 0 Å². The van der Waals surface area contributed by atoms with Gasteiger partial charge in [-0.05, 0) is 31.9 Å². The van der Waals surface area contributed by atoms with Gasteiger partial charge in [0.05, 0.1) is 12.6 Å². The number of nitrogens with one attached hydrogen (secondary N) is 2. The van der Waals surface area contributed by atoms with E-state index in [-0.39, 0.29) is 6.10 Å². The highest BCUT2D eigenvalue weighted by Crippen LogP contribution is 2.22. The van der Waals surface area contributed by atoms with Crippen LogP contribution in [-0.4, -0.2) is 25.7 Å². The van der Waals surface area contributed by atoms with Crippen molar-refractivity contribution in [3.63, 3.8) is 0 Å². The number of guanidine groups is 1. The van der Waals surface area contributed by atoms with Gasteiger partial charge in [-0.15, -0.1) is 6.42 Å². The lowest BCUT2D eigenvalue weighted by molar-refractivity contribution is 0.215. The monoisotopic (exact) mass is 287 g/mol. The van der Waals surface area contributed by atoms with Gasteiger partial charge in [0.1, 0.15) is 5.75 Å². The highest BCUT2D eigenvalue weighted by Gasteiger charge is 2.08. The number of aryl methyl sites for hydroxylation is 1. The molecule has 4 nitrogen and oxygen atoms in total. The third-order valence-corrected chi connectivity index (χ3v) is 3.15. The highest BCUT2D eigenvalue weighted by molar-refractivity contribution is 5.79. The molecule has 0 saturated heterocycles. The van der Waals surface area contributed by atoms with E-state index in [1.54, 1.807) is 7.05 Å². The maximum Gasteiger partial charge on any atom is 0.192 e. The lowest BCUT2D eigenvalue weighted by Crippen LogP contribution is -2.37. The summed E-state index contributed by atoms with van der Waals surface area (Å²) in [5, 5.41) is 6.27. The maximum absolute atomic E-state index is 5.99. The van der Waals surface area contributed by atoms with Crippen LogP contribution in [0.1, 0.15) is 31.4 Å². The topological polar surface area (TPSA) is 45.7 Å². The average Bonchev–Trinajstić information content (AvgIpc) is 2.49. The zero-order valence-electron chi connectivity index (χ0n) is 13.4. The first-order valence-corrected chi connectivity index (χ1v) is 7.24. The smallest absolute Gasteiger partial charge is 0.192 e. The molecule has 0 aliphatic carbocycles. The Kier molecular flexibility index (Phi) is 7.17. The third kappa shape index (κ3) is 5.78. The molecule has 0 aliphatic heterocycles. The second-order valence-electron chi connectivity index (χ2n) is 4.93. The summed E-state index contributed by atoms with van der Waals surface area (Å²) in [5.41, 5.74) is 2.29. The summed E-state index contributed by atoms with van der Waals surface area (Å²) in [6.45, 7) is 7.34. The van der Waals surface area contributed by atoms with Gasteiger partial charge in [-0.25, -0.2) is 0 Å². The summed E-state index contributed by atoms with van der Waals surface area (Å²) in [5.74, 6) is 4.13. The summed E-state index contributed by atoms with van der Waals surface area (Å²) in [7, 11) is 1.72. The van der Waals surface area contributed by atoms with Crippen LogP contribution in [0.15, 0.2) is 23.2 Å². The van der Waals surface area contributed by atoms with Crippen LogP contribution in [0.2, 0.25) is 0 Å². The molecule has 0 amide bonds. The van der Waals surface area contributed by atoms with Crippen LogP contribution in [0.5, 0.6) is 5.75 Å². The quantitative estimate of drug-likeness (QED) is 0.480. The number of aliphatic imine (C=N–C) groups is 1. The van der Waals surface area contributed by atoms with Crippen molar-refractivity contribution in [1.29, 1.82) is 0 Å². The molecular formula is C17H25N3O. The highest BCUT2D eigenvalue weighted by atomic mass is 16.5. The van der Waals surface area contributed by atoms with Gasteiger partial charge >= 0.3 is 0 Å². The van der Waals surface area contributed by atoms with Gasteiger partial charge in [-0.2, -0.15) is 0 Å². The van der Waals surface area contributed by atoms with E-state index in [4.69, 9.17) is 11.2 Å². The van der Waals surface area contributed by atoms with E-state index in [0.29, 0.717) is 19.0 Å². The molecule has 0 spiro atoms. The Morgan fingerprint density at radius 1 is 1.43 bits per heavy atom. The zero-order chi connectivity index (χ0) is 15.7. The molecule has 0 fully saturated rings. The molecule has 0 saturated carbocycles. The van der Waals surface area contributed by atoms with Crippen molar-refractivity contribution in [2.24, 2.45) is 4.99 Å². The summed E-state index contributed by atoms with van der Waals surface area (Å²) in [6.07, 6.45) is 6.41. The first-order chi connectivity index (χ1) is 10.1. The van der Waals surface area contributed by atoms with E-state index in [1.165, 1.54) is 5.56 Å². The van der Waals surface area contributed by atoms with E-state index in [9.17, 15) is 0 Å². The molecule has 0 radical (unpaired) electrons. The van der Waals surface area contributed by atoms with Gasteiger partial charge in [-0.3, -0.25) is 4.99 Å². The molecule has 4 heteroatoms. The van der Waals surface area contributed by atoms with Gasteiger partial charge in [0.15, 0.2) is 5.96 Å². The first kappa shape index (κ1) is 16.9. The second-order valence-corrected chi connectivity index (χ2v) is 4.93. The van der Waals surface area contributed by atoms with E-state index in [0.717, 1.165) is 17.7 Å². The Morgan fingerprint density at radius 3 is 2.81 bits per heavy atom. The van der Waals surface area contributed by atoms with Crippen molar-refractivity contribution in [2.45, 2.75) is 39.8 Å². The van der Waals surface area contributed by atoms with Crippen molar-refractivity contribution >= 4 is 5.96 Å². The lowest BCUT2D eigenvalue weighted by Gasteiger charge is -2.18. The first-order valence-electron chi connectivity index (χ1n) is 7.24. The molecule has 1 atom stereocenters. The Labute approximate surface area is 128 Å². The number of rotatable bonds is 6. The fourth-order valence-electron chi connectivity index (χ4n) is 1.75. The fourth-order valence-corrected chi connectivity index (χ4v) is 1.75. The molecule has 1 rings (SSSR count). The van der Waals surface area contributed by atoms with Crippen LogP contribution >= 0.6 is 0 Å². The zero-order valence-corrected chi connectivity index (χ0v) is 13.4. The molecule has 1 aromatic carbocycles. The largest absolute Gasteiger partial charge is 0.490 e. The Hall–Kier alpha value is -2.15. The van der Waals surface area contributed by atoms with Crippen molar-refractivity contribution in [3.8, 4) is 18.1 Å². The summed E-state index contributed by atoms with van der Waals surface area (Å²) in [6, 6.07) is 6.23. The second kappa shape index (κ2) is 8.91. The Bertz CT molecular complexity index is 517. The minimum atomic E-state index is 0.199. The van der Waals surface area contributed by atoms with Crippen molar-refractivity contribution in [2.75, 3.05) is 13.6 Å². The minimum absolute atomic E-state index is 0.199. The van der Waals surface area contributed by atoms with Crippen LogP contribution in [0, 0.1) is 19.3 Å². The maximum atomic E-state index is 5.99. The van der Waals surface area contributed by atoms with Crippen molar-refractivity contribution in [3.05, 3.63) is 29.3 Å². The normalized spacial score (nSPS) is 12.4. The van der Waals surface area contributed by atoms with Crippen LogP contribution in [0.25, 0.3) is 0 Å². The van der Waals surface area contributed by atoms with Gasteiger partial charge in [-0.1, -0.05) is 25.0 Å². The van der Waals surface area contributed by atoms with E-state index < -0.39 is 0 Å². The Morgan fingerprint density at radius 2 is 2.19 bits per heavy atom. The van der Waals surface area contributed by atoms with Crippen LogP contribution in [0.3, 0.4) is 0 Å². The average molecular weight is 287 g/mol. The van der Waals surface area contributed by atoms with Gasteiger partial charge < -0.3 is 15.4 Å². The summed E-state index contributed by atoms with van der Waals surface area (Å²) in [4.78, 5) is 4.12. The molecule has 114 valence electrons. The Balaban J connectivity index is 2.76. The van der Waals surface area contributed by atoms with Crippen LogP contribution < -0.4 is 15.4 Å². The standard InChI is InChI=1S/C17H25N3O/c1-6-10-19-17(18-5)20-12-15-9-8-13(3)11-16(15)21-14(4)7-2/h1,8-9,11,14H,7,10,12H2,2-5H3,(H2,18,19,20). The van der Waals surface area contributed by atoms with Crippen LogP contribution in [-0.2, 0) is 6.54 Å². The van der Waals surface area contributed by atoms with E-state index in [1.807, 2.05) is 0 Å². The van der Waals surface area contributed by atoms with E-state index >= 15 is 0 Å². The molecule has 21 heavy (non-hydrogen) atoms. The van der Waals surface area contributed by atoms with Crippen LogP contribution in [0.4, 0.5) is 0 Å². The predicted octanol–water partition coefficient (Wildman–Crippen LogP) is 2.47. The van der Waals surface area contributed by atoms with E-state index in [2.05, 4.69) is 60.5 Å². The molecule has 0 aromatic heterocycles. The molecule has 1 aromatic rings. The molecular weight excluding hydrogens is 262 g/mol. The number of ether oxygens (including phenoxy) is 1. The van der Waals surface area contributed by atoms with Gasteiger partial charge in [0, 0.05) is 19.2 Å². The third-order valence-electron chi connectivity index (χ3n) is 3.15. The lowest BCUT2D eigenvalue weighted by atomic mass is 10.1. The molecule has 0 bridgehead atoms. The SMILES string of the molecule is C#CCNC(=NC)NCc1ccc(C)cc1OC(C)CC. The molecule has 0 heterocycles. The van der Waals surface area contributed by atoms with Gasteiger partial charge in [0.25, 0.3) is 0 Å². The number of nitrogens with zero attached hydrogens (tertiary/aromatic N) is 1.